The van der Waals surface area contributed by atoms with Gasteiger partial charge < -0.3 is 24.0 Å². The van der Waals surface area contributed by atoms with Crippen LogP contribution < -0.4 is 9.47 Å². The van der Waals surface area contributed by atoms with Crippen LogP contribution in [-0.4, -0.2) is 67.3 Å². The van der Waals surface area contributed by atoms with Gasteiger partial charge in [-0.05, 0) is 49.1 Å². The lowest BCUT2D eigenvalue weighted by molar-refractivity contribution is -0.0335. The van der Waals surface area contributed by atoms with Crippen LogP contribution in [0.15, 0.2) is 48.5 Å². The van der Waals surface area contributed by atoms with Gasteiger partial charge in [-0.1, -0.05) is 18.2 Å². The molecule has 7 nitrogen and oxygen atoms in total. The molecule has 1 unspecified atom stereocenters. The van der Waals surface area contributed by atoms with E-state index < -0.39 is 0 Å². The average molecular weight is 422 g/mol. The molecule has 5 rings (SSSR count). The molecule has 2 heterocycles. The molecule has 162 valence electrons. The van der Waals surface area contributed by atoms with Crippen LogP contribution >= 0.6 is 0 Å². The van der Waals surface area contributed by atoms with Crippen LogP contribution in [0.4, 0.5) is 0 Å². The summed E-state index contributed by atoms with van der Waals surface area (Å²) >= 11 is 0. The van der Waals surface area contributed by atoms with Gasteiger partial charge in [0, 0.05) is 37.3 Å². The molecule has 2 amide bonds. The van der Waals surface area contributed by atoms with Gasteiger partial charge in [0.2, 0.25) is 6.79 Å². The predicted octanol–water partition coefficient (Wildman–Crippen LogP) is 2.81. The van der Waals surface area contributed by atoms with Crippen molar-refractivity contribution in [3.63, 3.8) is 0 Å². The molecule has 0 radical (unpaired) electrons. The summed E-state index contributed by atoms with van der Waals surface area (Å²) in [5, 5.41) is 0. The first-order valence-corrected chi connectivity index (χ1v) is 10.8. The van der Waals surface area contributed by atoms with Crippen LogP contribution in [0.25, 0.3) is 0 Å². The Morgan fingerprint density at radius 2 is 1.77 bits per heavy atom. The Kier molecular flexibility index (Phi) is 5.51. The van der Waals surface area contributed by atoms with Gasteiger partial charge in [0.1, 0.15) is 0 Å². The lowest BCUT2D eigenvalue weighted by atomic mass is 10.1. The summed E-state index contributed by atoms with van der Waals surface area (Å²) in [6, 6.07) is 14.6. The molecule has 2 aromatic rings. The van der Waals surface area contributed by atoms with Crippen molar-refractivity contribution in [1.29, 1.82) is 0 Å². The van der Waals surface area contributed by atoms with Crippen molar-refractivity contribution in [2.75, 3.05) is 39.6 Å². The van der Waals surface area contributed by atoms with Gasteiger partial charge in [-0.15, -0.1) is 0 Å². The zero-order valence-corrected chi connectivity index (χ0v) is 17.4. The van der Waals surface area contributed by atoms with E-state index in [1.165, 1.54) is 12.8 Å². The van der Waals surface area contributed by atoms with Gasteiger partial charge in [-0.25, -0.2) is 0 Å². The van der Waals surface area contributed by atoms with E-state index in [0.29, 0.717) is 54.8 Å². The molecule has 0 bridgehead atoms. The van der Waals surface area contributed by atoms with E-state index in [4.69, 9.17) is 14.2 Å². The number of ether oxygens (including phenoxy) is 3. The third-order valence-electron chi connectivity index (χ3n) is 5.95. The molecule has 31 heavy (non-hydrogen) atoms. The Bertz CT molecular complexity index is 960. The molecule has 1 saturated heterocycles. The first-order valence-electron chi connectivity index (χ1n) is 10.8. The Labute approximate surface area is 181 Å². The van der Waals surface area contributed by atoms with Crippen LogP contribution in [0.3, 0.4) is 0 Å². The summed E-state index contributed by atoms with van der Waals surface area (Å²) in [5.74, 6) is 1.79. The molecule has 1 atom stereocenters. The van der Waals surface area contributed by atoms with Crippen molar-refractivity contribution in [3.05, 3.63) is 59.7 Å². The molecular weight excluding hydrogens is 396 g/mol. The second-order valence-electron chi connectivity index (χ2n) is 8.33. The van der Waals surface area contributed by atoms with Gasteiger partial charge in [0.15, 0.2) is 11.5 Å². The second-order valence-corrected chi connectivity index (χ2v) is 8.33. The number of nitrogens with zero attached hydrogens (tertiary/aromatic N) is 2. The molecule has 0 spiro atoms. The summed E-state index contributed by atoms with van der Waals surface area (Å²) < 4.78 is 16.7. The fourth-order valence-corrected chi connectivity index (χ4v) is 4.09. The first kappa shape index (κ1) is 19.9. The van der Waals surface area contributed by atoms with Crippen LogP contribution in [0, 0.1) is 5.92 Å². The van der Waals surface area contributed by atoms with Gasteiger partial charge in [0.05, 0.1) is 12.7 Å². The smallest absolute Gasteiger partial charge is 0.254 e. The summed E-state index contributed by atoms with van der Waals surface area (Å²) in [6.45, 7) is 2.84. The quantitative estimate of drug-likeness (QED) is 0.716. The maximum absolute atomic E-state index is 13.1. The summed E-state index contributed by atoms with van der Waals surface area (Å²) in [4.78, 5) is 29.9. The fourth-order valence-electron chi connectivity index (χ4n) is 4.09. The van der Waals surface area contributed by atoms with Crippen LogP contribution in [0.2, 0.25) is 0 Å². The molecule has 2 aromatic carbocycles. The average Bonchev–Trinajstić information content (AvgIpc) is 3.51. The number of carbonyl (C=O) groups excluding carboxylic acids is 2. The molecular formula is C24H26N2O5. The first-order chi connectivity index (χ1) is 15.2. The minimum atomic E-state index is -0.210. The number of carbonyl (C=O) groups is 2. The standard InChI is InChI=1S/C24H26N2O5/c27-23(18-4-2-1-3-5-18)26(13-17-6-7-17)15-20-14-25(10-11-29-20)24(28)19-8-9-21-22(12-19)31-16-30-21/h1-5,8-9,12,17,20H,6-7,10-11,13-16H2. The molecule has 1 aliphatic carbocycles. The number of fused-ring (bicyclic) bond motifs is 1. The lowest BCUT2D eigenvalue weighted by Gasteiger charge is -2.36. The van der Waals surface area contributed by atoms with Gasteiger partial charge >= 0.3 is 0 Å². The van der Waals surface area contributed by atoms with E-state index in [9.17, 15) is 9.59 Å². The van der Waals surface area contributed by atoms with Crippen LogP contribution in [0.1, 0.15) is 33.6 Å². The van der Waals surface area contributed by atoms with E-state index in [1.54, 1.807) is 23.1 Å². The highest BCUT2D eigenvalue weighted by Crippen LogP contribution is 2.33. The Morgan fingerprint density at radius 3 is 2.58 bits per heavy atom. The summed E-state index contributed by atoms with van der Waals surface area (Å²) in [5.41, 5.74) is 1.26. The van der Waals surface area contributed by atoms with E-state index in [2.05, 4.69) is 0 Å². The number of rotatable bonds is 6. The molecule has 0 N–H and O–H groups in total. The zero-order chi connectivity index (χ0) is 21.2. The van der Waals surface area contributed by atoms with E-state index in [0.717, 1.165) is 6.54 Å². The zero-order valence-electron chi connectivity index (χ0n) is 17.4. The largest absolute Gasteiger partial charge is 0.454 e. The van der Waals surface area contributed by atoms with Gasteiger partial charge in [-0.2, -0.15) is 0 Å². The lowest BCUT2D eigenvalue weighted by Crippen LogP contribution is -2.51. The number of benzene rings is 2. The van der Waals surface area contributed by atoms with Crippen molar-refractivity contribution < 1.29 is 23.8 Å². The maximum atomic E-state index is 13.1. The van der Waals surface area contributed by atoms with Crippen molar-refractivity contribution in [1.82, 2.24) is 9.80 Å². The van der Waals surface area contributed by atoms with Crippen molar-refractivity contribution >= 4 is 11.8 Å². The molecule has 0 aromatic heterocycles. The normalized spacial score (nSPS) is 19.9. The van der Waals surface area contributed by atoms with Crippen molar-refractivity contribution in [2.45, 2.75) is 18.9 Å². The highest BCUT2D eigenvalue weighted by atomic mass is 16.7. The van der Waals surface area contributed by atoms with Crippen LogP contribution in [-0.2, 0) is 4.74 Å². The second kappa shape index (κ2) is 8.59. The van der Waals surface area contributed by atoms with Crippen molar-refractivity contribution in [3.8, 4) is 11.5 Å². The number of hydrogen-bond donors (Lipinski definition) is 0. The third kappa shape index (κ3) is 4.51. The van der Waals surface area contributed by atoms with E-state index in [-0.39, 0.29) is 24.7 Å². The minimum absolute atomic E-state index is 0.0234. The van der Waals surface area contributed by atoms with Gasteiger partial charge in [-0.3, -0.25) is 9.59 Å². The Hall–Kier alpha value is -3.06. The molecule has 7 heteroatoms. The van der Waals surface area contributed by atoms with Crippen LogP contribution in [0.5, 0.6) is 11.5 Å². The molecule has 1 saturated carbocycles. The highest BCUT2D eigenvalue weighted by molar-refractivity contribution is 5.95. The Balaban J connectivity index is 1.26. The number of hydrogen-bond acceptors (Lipinski definition) is 5. The highest BCUT2D eigenvalue weighted by Gasteiger charge is 2.32. The molecule has 2 aliphatic heterocycles. The predicted molar refractivity (Wildman–Crippen MR) is 113 cm³/mol. The third-order valence-corrected chi connectivity index (χ3v) is 5.95. The summed E-state index contributed by atoms with van der Waals surface area (Å²) in [7, 11) is 0. The van der Waals surface area contributed by atoms with E-state index in [1.807, 2.05) is 35.2 Å². The number of morpholine rings is 1. The fraction of sp³-hybridized carbons (Fsp3) is 0.417. The molecule has 3 aliphatic rings. The SMILES string of the molecule is O=C(c1ccc2c(c1)OCO2)N1CCOC(CN(CC2CC2)C(=O)c2ccccc2)C1. The molecule has 2 fully saturated rings. The Morgan fingerprint density at radius 1 is 0.968 bits per heavy atom. The monoisotopic (exact) mass is 422 g/mol. The maximum Gasteiger partial charge on any atom is 0.254 e. The van der Waals surface area contributed by atoms with Gasteiger partial charge in [0.25, 0.3) is 11.8 Å². The van der Waals surface area contributed by atoms with Crippen molar-refractivity contribution in [2.24, 2.45) is 5.92 Å². The minimum Gasteiger partial charge on any atom is -0.454 e. The number of amides is 2. The summed E-state index contributed by atoms with van der Waals surface area (Å²) in [6.07, 6.45) is 2.12. The van der Waals surface area contributed by atoms with E-state index >= 15 is 0 Å². The topological polar surface area (TPSA) is 68.3 Å².